The number of amides is 3. The fraction of sp³-hybridized carbons (Fsp3) is 0.357. The maximum atomic E-state index is 14.1. The Kier molecular flexibility index (Phi) is 5.44. The minimum absolute atomic E-state index is 0.0179. The van der Waals surface area contributed by atoms with Crippen LogP contribution in [-0.2, 0) is 6.42 Å². The molecule has 0 radical (unpaired) electrons. The van der Waals surface area contributed by atoms with E-state index in [9.17, 15) is 19.1 Å². The summed E-state index contributed by atoms with van der Waals surface area (Å²) < 4.78 is 13.7. The number of carbonyl (C=O) groups is 2. The second kappa shape index (κ2) is 8.36. The Labute approximate surface area is 204 Å². The molecule has 3 fully saturated rings. The van der Waals surface area contributed by atoms with E-state index in [0.29, 0.717) is 32.2 Å². The molecule has 0 saturated heterocycles. The first-order valence-corrected chi connectivity index (χ1v) is 11.6. The third kappa shape index (κ3) is 3.51. The fourth-order valence-electron chi connectivity index (χ4n) is 6.25. The van der Waals surface area contributed by atoms with Crippen molar-refractivity contribution in [3.8, 4) is 24.7 Å². The van der Waals surface area contributed by atoms with Crippen molar-refractivity contribution < 1.29 is 19.1 Å². The summed E-state index contributed by atoms with van der Waals surface area (Å²) in [6.07, 6.45) is 12.3. The molecule has 0 aromatic heterocycles. The average molecular weight is 472 g/mol. The van der Waals surface area contributed by atoms with Crippen molar-refractivity contribution in [1.82, 2.24) is 14.7 Å². The highest BCUT2D eigenvalue weighted by molar-refractivity contribution is 5.79. The second-order valence-electron chi connectivity index (χ2n) is 9.72. The van der Waals surface area contributed by atoms with Gasteiger partial charge >= 0.3 is 12.1 Å². The van der Waals surface area contributed by atoms with Crippen LogP contribution in [0.25, 0.3) is 0 Å². The van der Waals surface area contributed by atoms with E-state index in [0.717, 1.165) is 16.7 Å². The van der Waals surface area contributed by atoms with Crippen molar-refractivity contribution in [2.24, 2.45) is 0 Å². The van der Waals surface area contributed by atoms with Crippen molar-refractivity contribution in [3.63, 3.8) is 0 Å². The number of terminal acetylenes is 2. The third-order valence-electron chi connectivity index (χ3n) is 7.79. The lowest BCUT2D eigenvalue weighted by Gasteiger charge is -2.75. The van der Waals surface area contributed by atoms with E-state index in [1.165, 1.54) is 17.0 Å². The van der Waals surface area contributed by atoms with Gasteiger partial charge in [-0.05, 0) is 54.5 Å². The summed E-state index contributed by atoms with van der Waals surface area (Å²) in [6.45, 7) is 0.647. The first kappa shape index (κ1) is 22.8. The summed E-state index contributed by atoms with van der Waals surface area (Å²) >= 11 is 0. The summed E-state index contributed by atoms with van der Waals surface area (Å²) in [4.78, 5) is 30.7. The standard InChI is InChI=1S/C28H26FN3O3/c1-3-14-31(27-17-28(18-27,19-27)32(15-4-2)26(34)35)25(33)30-16-13-20-7-5-6-8-23(20)24(30)21-9-11-22(29)12-10-21/h1-2,5-12,24H,13-19H2,(H,34,35). The van der Waals surface area contributed by atoms with Crippen LogP contribution in [0.3, 0.4) is 0 Å². The zero-order valence-corrected chi connectivity index (χ0v) is 19.3. The van der Waals surface area contributed by atoms with Crippen LogP contribution in [0.1, 0.15) is 42.0 Å². The highest BCUT2D eigenvalue weighted by atomic mass is 19.1. The monoisotopic (exact) mass is 471 g/mol. The molecule has 1 N–H and O–H groups in total. The zero-order valence-electron chi connectivity index (χ0n) is 19.3. The Balaban J connectivity index is 1.45. The number of benzene rings is 2. The molecule has 35 heavy (non-hydrogen) atoms. The molecular formula is C28H26FN3O3. The maximum Gasteiger partial charge on any atom is 0.408 e. The fourth-order valence-corrected chi connectivity index (χ4v) is 6.25. The molecule has 7 heteroatoms. The van der Waals surface area contributed by atoms with Gasteiger partial charge in [0, 0.05) is 6.54 Å². The highest BCUT2D eigenvalue weighted by Gasteiger charge is 2.74. The molecule has 2 bridgehead atoms. The van der Waals surface area contributed by atoms with Gasteiger partial charge in [-0.2, -0.15) is 0 Å². The van der Waals surface area contributed by atoms with Crippen LogP contribution >= 0.6 is 0 Å². The smallest absolute Gasteiger partial charge is 0.408 e. The van der Waals surface area contributed by atoms with Crippen LogP contribution in [0, 0.1) is 30.5 Å². The lowest BCUT2D eigenvalue weighted by atomic mass is 9.42. The summed E-state index contributed by atoms with van der Waals surface area (Å²) in [5.74, 6) is 4.71. The van der Waals surface area contributed by atoms with E-state index in [-0.39, 0.29) is 31.0 Å². The van der Waals surface area contributed by atoms with Crippen LogP contribution in [0.4, 0.5) is 14.0 Å². The Morgan fingerprint density at radius 2 is 1.60 bits per heavy atom. The molecule has 6 rings (SSSR count). The lowest BCUT2D eigenvalue weighted by Crippen LogP contribution is -2.85. The van der Waals surface area contributed by atoms with Gasteiger partial charge in [-0.25, -0.2) is 14.0 Å². The molecule has 1 atom stereocenters. The van der Waals surface area contributed by atoms with Gasteiger partial charge < -0.3 is 14.9 Å². The normalized spacial score (nSPS) is 25.7. The number of fused-ring (bicyclic) bond motifs is 1. The quantitative estimate of drug-likeness (QED) is 0.668. The van der Waals surface area contributed by atoms with Crippen LogP contribution in [-0.4, -0.2) is 62.6 Å². The molecule has 2 aromatic carbocycles. The molecule has 3 aliphatic carbocycles. The van der Waals surface area contributed by atoms with E-state index >= 15 is 0 Å². The molecule has 3 amide bonds. The number of halogens is 1. The molecule has 1 unspecified atom stereocenters. The third-order valence-corrected chi connectivity index (χ3v) is 7.79. The van der Waals surface area contributed by atoms with Crippen LogP contribution < -0.4 is 0 Å². The summed E-state index contributed by atoms with van der Waals surface area (Å²) in [5, 5.41) is 9.62. The van der Waals surface area contributed by atoms with Crippen molar-refractivity contribution in [3.05, 3.63) is 71.0 Å². The van der Waals surface area contributed by atoms with E-state index in [1.807, 2.05) is 23.1 Å². The highest BCUT2D eigenvalue weighted by Crippen LogP contribution is 2.66. The van der Waals surface area contributed by atoms with Gasteiger partial charge in [-0.3, -0.25) is 4.90 Å². The van der Waals surface area contributed by atoms with Crippen LogP contribution in [0.5, 0.6) is 0 Å². The second-order valence-corrected chi connectivity index (χ2v) is 9.72. The topological polar surface area (TPSA) is 64.1 Å². The SMILES string of the molecule is C#CCN(C(=O)O)C12CC(N(CC#C)C(=O)N3CCc4ccccc4C3c3ccc(F)cc3)(C1)C2. The molecule has 0 spiro atoms. The van der Waals surface area contributed by atoms with Crippen molar-refractivity contribution in [2.45, 2.75) is 42.8 Å². The van der Waals surface area contributed by atoms with E-state index in [2.05, 4.69) is 17.9 Å². The number of nitrogens with zero attached hydrogens (tertiary/aromatic N) is 3. The van der Waals surface area contributed by atoms with Gasteiger partial charge in [-0.15, -0.1) is 12.8 Å². The Bertz CT molecular complexity index is 1240. The van der Waals surface area contributed by atoms with E-state index in [1.54, 1.807) is 17.0 Å². The molecule has 1 heterocycles. The van der Waals surface area contributed by atoms with Crippen LogP contribution in [0.2, 0.25) is 0 Å². The molecule has 178 valence electrons. The minimum Gasteiger partial charge on any atom is -0.465 e. The van der Waals surface area contributed by atoms with Crippen molar-refractivity contribution in [1.29, 1.82) is 0 Å². The number of carboxylic acid groups (broad SMARTS) is 1. The number of carbonyl (C=O) groups excluding carboxylic acids is 1. The predicted molar refractivity (Wildman–Crippen MR) is 129 cm³/mol. The van der Waals surface area contributed by atoms with Gasteiger partial charge in [0.05, 0.1) is 30.2 Å². The van der Waals surface area contributed by atoms with Crippen molar-refractivity contribution in [2.75, 3.05) is 19.6 Å². The average Bonchev–Trinajstić information content (AvgIpc) is 2.80. The number of hydrogen-bond donors (Lipinski definition) is 1. The van der Waals surface area contributed by atoms with Crippen LogP contribution in [0.15, 0.2) is 48.5 Å². The maximum absolute atomic E-state index is 14.1. The largest absolute Gasteiger partial charge is 0.465 e. The van der Waals surface area contributed by atoms with E-state index in [4.69, 9.17) is 12.8 Å². The summed E-state index contributed by atoms with van der Waals surface area (Å²) in [6, 6.07) is 13.7. The molecule has 2 aromatic rings. The summed E-state index contributed by atoms with van der Waals surface area (Å²) in [7, 11) is 0. The minimum atomic E-state index is -1.05. The zero-order chi connectivity index (χ0) is 24.8. The van der Waals surface area contributed by atoms with Gasteiger partial charge in [0.1, 0.15) is 5.82 Å². The molecular weight excluding hydrogens is 445 g/mol. The lowest BCUT2D eigenvalue weighted by molar-refractivity contribution is -0.203. The van der Waals surface area contributed by atoms with Gasteiger partial charge in [0.15, 0.2) is 0 Å². The molecule has 6 nitrogen and oxygen atoms in total. The van der Waals surface area contributed by atoms with E-state index < -0.39 is 17.2 Å². The molecule has 1 aliphatic heterocycles. The van der Waals surface area contributed by atoms with Gasteiger partial charge in [0.25, 0.3) is 0 Å². The number of rotatable bonds is 5. The van der Waals surface area contributed by atoms with Crippen molar-refractivity contribution >= 4 is 12.1 Å². The summed E-state index contributed by atoms with van der Waals surface area (Å²) in [5.41, 5.74) is 1.99. The number of urea groups is 1. The Hall–Kier alpha value is -3.97. The first-order valence-electron chi connectivity index (χ1n) is 11.6. The van der Waals surface area contributed by atoms with Gasteiger partial charge in [0.2, 0.25) is 0 Å². The Morgan fingerprint density at radius 1 is 1.00 bits per heavy atom. The van der Waals surface area contributed by atoms with Gasteiger partial charge in [-0.1, -0.05) is 48.2 Å². The molecule has 3 saturated carbocycles. The predicted octanol–water partition coefficient (Wildman–Crippen LogP) is 4.12. The first-order chi connectivity index (χ1) is 16.8. The molecule has 4 aliphatic rings. The Morgan fingerprint density at radius 3 is 2.23 bits per heavy atom. The number of hydrogen-bond acceptors (Lipinski definition) is 2.